The molecule has 0 fully saturated rings. The van der Waals surface area contributed by atoms with Crippen LogP contribution in [0.2, 0.25) is 0 Å². The molecule has 0 saturated carbocycles. The van der Waals surface area contributed by atoms with E-state index in [0.29, 0.717) is 11.4 Å². The van der Waals surface area contributed by atoms with E-state index in [1.807, 2.05) is 0 Å². The second kappa shape index (κ2) is 5.85. The van der Waals surface area contributed by atoms with Gasteiger partial charge in [-0.15, -0.1) is 0 Å². The lowest BCUT2D eigenvalue weighted by atomic mass is 10.2. The Bertz CT molecular complexity index is 462. The first-order valence-electron chi connectivity index (χ1n) is 5.44. The zero-order valence-corrected chi connectivity index (χ0v) is 10.5. The summed E-state index contributed by atoms with van der Waals surface area (Å²) in [4.78, 5) is 22.0. The van der Waals surface area contributed by atoms with Gasteiger partial charge in [0.05, 0.1) is 4.92 Å². The van der Waals surface area contributed by atoms with Crippen LogP contribution in [-0.2, 0) is 4.79 Å². The number of amides is 1. The highest BCUT2D eigenvalue weighted by atomic mass is 16.6. The Morgan fingerprint density at radius 1 is 1.33 bits per heavy atom. The summed E-state index contributed by atoms with van der Waals surface area (Å²) in [6.07, 6.45) is 0. The van der Waals surface area contributed by atoms with Gasteiger partial charge >= 0.3 is 5.69 Å². The van der Waals surface area contributed by atoms with Gasteiger partial charge in [-0.1, -0.05) is 6.07 Å². The lowest BCUT2D eigenvalue weighted by Crippen LogP contribution is -2.35. The number of nitro groups is 1. The molecule has 1 aromatic carbocycles. The Morgan fingerprint density at radius 3 is 2.44 bits per heavy atom. The highest BCUT2D eigenvalue weighted by Crippen LogP contribution is 2.32. The number of nitrogens with zero attached hydrogens (tertiary/aromatic N) is 1. The number of carbonyl (C=O) groups excluding carboxylic acids is 1. The average molecular weight is 252 g/mol. The van der Waals surface area contributed by atoms with Crippen molar-refractivity contribution in [1.82, 2.24) is 5.32 Å². The zero-order chi connectivity index (χ0) is 13.7. The van der Waals surface area contributed by atoms with Crippen molar-refractivity contribution in [3.8, 4) is 0 Å². The standard InChI is InChI=1S/C11H16N4O3/c1-7(11(16)13-3)14-9-6-4-5-8(12-2)10(9)15(17)18/h4-7,12,14H,1-3H3,(H,13,16). The molecule has 18 heavy (non-hydrogen) atoms. The summed E-state index contributed by atoms with van der Waals surface area (Å²) in [5, 5.41) is 19.1. The van der Waals surface area contributed by atoms with Gasteiger partial charge in [0.15, 0.2) is 0 Å². The maximum atomic E-state index is 11.4. The number of para-hydroxylation sites is 1. The average Bonchev–Trinajstić information content (AvgIpc) is 2.36. The monoisotopic (exact) mass is 252 g/mol. The third-order valence-corrected chi connectivity index (χ3v) is 2.50. The Kier molecular flexibility index (Phi) is 4.47. The molecule has 0 aliphatic carbocycles. The molecule has 0 aliphatic rings. The second-order valence-corrected chi connectivity index (χ2v) is 3.69. The smallest absolute Gasteiger partial charge is 0.315 e. The van der Waals surface area contributed by atoms with Crippen LogP contribution >= 0.6 is 0 Å². The van der Waals surface area contributed by atoms with Crippen LogP contribution in [0.3, 0.4) is 0 Å². The summed E-state index contributed by atoms with van der Waals surface area (Å²) in [5.74, 6) is -0.237. The summed E-state index contributed by atoms with van der Waals surface area (Å²) in [7, 11) is 3.12. The Hall–Kier alpha value is -2.31. The van der Waals surface area contributed by atoms with Crippen LogP contribution in [0.25, 0.3) is 0 Å². The number of benzene rings is 1. The number of rotatable bonds is 5. The van der Waals surface area contributed by atoms with E-state index in [4.69, 9.17) is 0 Å². The van der Waals surface area contributed by atoms with Crippen molar-refractivity contribution in [3.63, 3.8) is 0 Å². The summed E-state index contributed by atoms with van der Waals surface area (Å²) >= 11 is 0. The number of hydrogen-bond donors (Lipinski definition) is 3. The predicted octanol–water partition coefficient (Wildman–Crippen LogP) is 1.18. The molecule has 0 aromatic heterocycles. The van der Waals surface area contributed by atoms with Gasteiger partial charge in [0.1, 0.15) is 17.4 Å². The van der Waals surface area contributed by atoms with Gasteiger partial charge in [-0.3, -0.25) is 14.9 Å². The minimum atomic E-state index is -0.555. The molecule has 0 bridgehead atoms. The molecule has 98 valence electrons. The van der Waals surface area contributed by atoms with Crippen LogP contribution in [0.4, 0.5) is 17.1 Å². The summed E-state index contributed by atoms with van der Waals surface area (Å²) in [6.45, 7) is 1.63. The molecule has 1 atom stereocenters. The van der Waals surface area contributed by atoms with Gasteiger partial charge in [0, 0.05) is 14.1 Å². The third-order valence-electron chi connectivity index (χ3n) is 2.50. The first-order chi connectivity index (χ1) is 8.51. The Balaban J connectivity index is 3.09. The van der Waals surface area contributed by atoms with E-state index in [1.54, 1.807) is 32.2 Å². The lowest BCUT2D eigenvalue weighted by molar-refractivity contribution is -0.383. The van der Waals surface area contributed by atoms with Crippen LogP contribution in [-0.4, -0.2) is 31.0 Å². The molecule has 1 rings (SSSR count). The van der Waals surface area contributed by atoms with Crippen molar-refractivity contribution in [2.45, 2.75) is 13.0 Å². The molecule has 0 radical (unpaired) electrons. The van der Waals surface area contributed by atoms with E-state index in [2.05, 4.69) is 16.0 Å². The van der Waals surface area contributed by atoms with Crippen molar-refractivity contribution < 1.29 is 9.72 Å². The first kappa shape index (κ1) is 13.8. The number of anilines is 2. The molecule has 7 heteroatoms. The van der Waals surface area contributed by atoms with Gasteiger partial charge in [0.2, 0.25) is 5.91 Å². The van der Waals surface area contributed by atoms with Crippen LogP contribution < -0.4 is 16.0 Å². The van der Waals surface area contributed by atoms with Crippen LogP contribution in [0.15, 0.2) is 18.2 Å². The SMILES string of the molecule is CNC(=O)C(C)Nc1cccc(NC)c1[N+](=O)[O-]. The van der Waals surface area contributed by atoms with Crippen molar-refractivity contribution in [1.29, 1.82) is 0 Å². The van der Waals surface area contributed by atoms with E-state index in [-0.39, 0.29) is 11.6 Å². The third kappa shape index (κ3) is 2.88. The normalized spacial score (nSPS) is 11.5. The molecule has 1 unspecified atom stereocenters. The van der Waals surface area contributed by atoms with Gasteiger partial charge in [-0.05, 0) is 19.1 Å². The van der Waals surface area contributed by atoms with Crippen LogP contribution in [0, 0.1) is 10.1 Å². The Labute approximate surface area is 105 Å². The highest BCUT2D eigenvalue weighted by molar-refractivity contribution is 5.86. The van der Waals surface area contributed by atoms with Gasteiger partial charge in [-0.2, -0.15) is 0 Å². The van der Waals surface area contributed by atoms with Crippen molar-refractivity contribution in [3.05, 3.63) is 28.3 Å². The zero-order valence-electron chi connectivity index (χ0n) is 10.5. The fourth-order valence-electron chi connectivity index (χ4n) is 1.57. The molecule has 0 spiro atoms. The van der Waals surface area contributed by atoms with Crippen molar-refractivity contribution >= 4 is 23.0 Å². The van der Waals surface area contributed by atoms with E-state index in [1.165, 1.54) is 7.05 Å². The molecular formula is C11H16N4O3. The maximum absolute atomic E-state index is 11.4. The molecular weight excluding hydrogens is 236 g/mol. The molecule has 7 nitrogen and oxygen atoms in total. The fourth-order valence-corrected chi connectivity index (χ4v) is 1.57. The van der Waals surface area contributed by atoms with Gasteiger partial charge in [0.25, 0.3) is 0 Å². The van der Waals surface area contributed by atoms with Gasteiger partial charge < -0.3 is 16.0 Å². The highest BCUT2D eigenvalue weighted by Gasteiger charge is 2.21. The molecule has 0 saturated heterocycles. The molecule has 0 aliphatic heterocycles. The summed E-state index contributed by atoms with van der Waals surface area (Å²) in [5.41, 5.74) is 0.632. The van der Waals surface area contributed by atoms with E-state index in [0.717, 1.165) is 0 Å². The number of nitro benzene ring substituents is 1. The van der Waals surface area contributed by atoms with Crippen molar-refractivity contribution in [2.24, 2.45) is 0 Å². The van der Waals surface area contributed by atoms with E-state index in [9.17, 15) is 14.9 Å². The fraction of sp³-hybridized carbons (Fsp3) is 0.364. The quantitative estimate of drug-likeness (QED) is 0.540. The minimum Gasteiger partial charge on any atom is -0.382 e. The number of carbonyl (C=O) groups is 1. The maximum Gasteiger partial charge on any atom is 0.315 e. The first-order valence-corrected chi connectivity index (χ1v) is 5.44. The lowest BCUT2D eigenvalue weighted by Gasteiger charge is -2.14. The number of nitrogens with one attached hydrogen (secondary N) is 3. The van der Waals surface area contributed by atoms with E-state index >= 15 is 0 Å². The number of likely N-dealkylation sites (N-methyl/N-ethyl adjacent to an activating group) is 1. The largest absolute Gasteiger partial charge is 0.382 e. The second-order valence-electron chi connectivity index (χ2n) is 3.69. The number of hydrogen-bond acceptors (Lipinski definition) is 5. The van der Waals surface area contributed by atoms with Crippen LogP contribution in [0.5, 0.6) is 0 Å². The molecule has 1 aromatic rings. The van der Waals surface area contributed by atoms with Crippen molar-refractivity contribution in [2.75, 3.05) is 24.7 Å². The minimum absolute atomic E-state index is 0.0734. The molecule has 1 amide bonds. The Morgan fingerprint density at radius 2 is 1.94 bits per heavy atom. The summed E-state index contributed by atoms with van der Waals surface area (Å²) < 4.78 is 0. The molecule has 3 N–H and O–H groups in total. The van der Waals surface area contributed by atoms with E-state index < -0.39 is 11.0 Å². The van der Waals surface area contributed by atoms with Gasteiger partial charge in [-0.25, -0.2) is 0 Å². The topological polar surface area (TPSA) is 96.3 Å². The summed E-state index contributed by atoms with van der Waals surface area (Å²) in [6, 6.07) is 4.30. The predicted molar refractivity (Wildman–Crippen MR) is 69.8 cm³/mol. The molecule has 0 heterocycles. The van der Waals surface area contributed by atoms with Crippen LogP contribution in [0.1, 0.15) is 6.92 Å².